The molecule has 2 unspecified atom stereocenters. The number of fused-ring (bicyclic) bond motifs is 5. The van der Waals surface area contributed by atoms with Crippen molar-refractivity contribution in [2.45, 2.75) is 57.5 Å². The Morgan fingerprint density at radius 2 is 2.04 bits per heavy atom. The van der Waals surface area contributed by atoms with Gasteiger partial charge in [0.2, 0.25) is 0 Å². The lowest BCUT2D eigenvalue weighted by Gasteiger charge is -2.50. The lowest BCUT2D eigenvalue weighted by atomic mass is 9.55. The van der Waals surface area contributed by atoms with E-state index in [9.17, 15) is 17.4 Å². The maximum atomic E-state index is 12.7. The van der Waals surface area contributed by atoms with Crippen molar-refractivity contribution < 1.29 is 21.6 Å². The second-order valence-corrected chi connectivity index (χ2v) is 8.84. The van der Waals surface area contributed by atoms with Gasteiger partial charge in [-0.1, -0.05) is 16.9 Å². The van der Waals surface area contributed by atoms with Crippen molar-refractivity contribution in [3.05, 3.63) is 29.3 Å². The van der Waals surface area contributed by atoms with E-state index in [1.807, 2.05) is 6.07 Å². The number of aliphatic hydroxyl groups is 1. The zero-order chi connectivity index (χ0) is 17.1. The fourth-order valence-electron chi connectivity index (χ4n) is 5.70. The Balaban J connectivity index is 1.63. The Morgan fingerprint density at radius 1 is 1.25 bits per heavy atom. The molecule has 1 N–H and O–H groups in total. The zero-order valence-electron chi connectivity index (χ0n) is 13.7. The molecule has 132 valence electrons. The van der Waals surface area contributed by atoms with E-state index in [0.717, 1.165) is 44.1 Å². The molecule has 6 heteroatoms. The van der Waals surface area contributed by atoms with Gasteiger partial charge in [-0.25, -0.2) is 0 Å². The monoisotopic (exact) mass is 354 g/mol. The van der Waals surface area contributed by atoms with Crippen LogP contribution in [-0.4, -0.2) is 19.6 Å². The molecule has 0 spiro atoms. The van der Waals surface area contributed by atoms with Crippen LogP contribution in [0.4, 0.5) is 3.89 Å². The average molecular weight is 354 g/mol. The van der Waals surface area contributed by atoms with E-state index in [4.69, 9.17) is 0 Å². The quantitative estimate of drug-likeness (QED) is 0.826. The van der Waals surface area contributed by atoms with Gasteiger partial charge < -0.3 is 9.29 Å². The van der Waals surface area contributed by atoms with Gasteiger partial charge in [0, 0.05) is 0 Å². The summed E-state index contributed by atoms with van der Waals surface area (Å²) in [6.45, 7) is 2.24. The van der Waals surface area contributed by atoms with E-state index in [1.54, 1.807) is 12.1 Å². The van der Waals surface area contributed by atoms with E-state index in [-0.39, 0.29) is 17.3 Å². The summed E-state index contributed by atoms with van der Waals surface area (Å²) >= 11 is 0. The molecule has 0 aliphatic heterocycles. The first-order valence-electron chi connectivity index (χ1n) is 8.73. The number of rotatable bonds is 2. The minimum absolute atomic E-state index is 0.0457. The van der Waals surface area contributed by atoms with Crippen molar-refractivity contribution in [3.63, 3.8) is 0 Å². The van der Waals surface area contributed by atoms with E-state index in [0.29, 0.717) is 17.8 Å². The second kappa shape index (κ2) is 5.43. The standard InChI is InChI=1S/C18H23FO4S/c1-18-9-8-14-13-5-3-12(23-24(19,21)22)10-11(13)2-4-15(14)16(18)6-7-17(18)20/h3,5,10,14-17,20H,2,4,6-9H2,1H3/t14-,15?,16+,17+,18?/m1/s1. The number of benzene rings is 1. The van der Waals surface area contributed by atoms with Crippen molar-refractivity contribution in [2.75, 3.05) is 0 Å². The first-order valence-corrected chi connectivity index (χ1v) is 10.0. The van der Waals surface area contributed by atoms with Crippen LogP contribution in [-0.2, 0) is 16.9 Å². The Hall–Kier alpha value is -1.14. The molecule has 0 amide bonds. The number of halogens is 1. The second-order valence-electron chi connectivity index (χ2n) is 7.89. The molecule has 1 aromatic rings. The van der Waals surface area contributed by atoms with Gasteiger partial charge >= 0.3 is 10.5 Å². The number of aliphatic hydroxyl groups excluding tert-OH is 1. The molecule has 0 saturated heterocycles. The molecular formula is C18H23FO4S. The van der Waals surface area contributed by atoms with Crippen molar-refractivity contribution in [2.24, 2.45) is 17.3 Å². The Kier molecular flexibility index (Phi) is 3.69. The normalized spacial score (nSPS) is 38.1. The minimum Gasteiger partial charge on any atom is -0.393 e. The summed E-state index contributed by atoms with van der Waals surface area (Å²) < 4.78 is 38.5. The SMILES string of the molecule is CC12CC[C@@H]3c4ccc(OS(=O)(=O)F)cc4CCC3[C@@H]1CC[C@@H]2O. The summed E-state index contributed by atoms with van der Waals surface area (Å²) in [7, 11) is -4.98. The van der Waals surface area contributed by atoms with Gasteiger partial charge in [0.25, 0.3) is 0 Å². The third kappa shape index (κ3) is 2.54. The lowest BCUT2D eigenvalue weighted by Crippen LogP contribution is -2.43. The zero-order valence-corrected chi connectivity index (χ0v) is 14.6. The summed E-state index contributed by atoms with van der Waals surface area (Å²) in [5.74, 6) is 1.63. The maximum Gasteiger partial charge on any atom is 0.488 e. The molecular weight excluding hydrogens is 331 g/mol. The van der Waals surface area contributed by atoms with Gasteiger partial charge in [-0.05, 0) is 85.0 Å². The fourth-order valence-corrected chi connectivity index (χ4v) is 6.03. The molecule has 0 radical (unpaired) electrons. The predicted molar refractivity (Wildman–Crippen MR) is 87.7 cm³/mol. The summed E-state index contributed by atoms with van der Waals surface area (Å²) in [4.78, 5) is 0. The van der Waals surface area contributed by atoms with Crippen LogP contribution in [0.3, 0.4) is 0 Å². The predicted octanol–water partition coefficient (Wildman–Crippen LogP) is 3.50. The van der Waals surface area contributed by atoms with Crippen LogP contribution in [0.25, 0.3) is 0 Å². The van der Waals surface area contributed by atoms with E-state index in [2.05, 4.69) is 11.1 Å². The smallest absolute Gasteiger partial charge is 0.393 e. The highest BCUT2D eigenvalue weighted by atomic mass is 32.3. The molecule has 0 heterocycles. The molecule has 3 aliphatic rings. The van der Waals surface area contributed by atoms with Crippen molar-refractivity contribution in [1.29, 1.82) is 0 Å². The lowest BCUT2D eigenvalue weighted by molar-refractivity contribution is -0.0226. The largest absolute Gasteiger partial charge is 0.488 e. The summed E-state index contributed by atoms with van der Waals surface area (Å²) in [6, 6.07) is 5.12. The minimum atomic E-state index is -4.98. The van der Waals surface area contributed by atoms with Gasteiger partial charge in [0.1, 0.15) is 5.75 Å². The highest BCUT2D eigenvalue weighted by Gasteiger charge is 2.54. The van der Waals surface area contributed by atoms with Crippen LogP contribution in [0.5, 0.6) is 5.75 Å². The highest BCUT2D eigenvalue weighted by Crippen LogP contribution is 2.60. The number of hydrogen-bond donors (Lipinski definition) is 1. The molecule has 0 bridgehead atoms. The molecule has 3 aliphatic carbocycles. The van der Waals surface area contributed by atoms with Crippen molar-refractivity contribution >= 4 is 10.5 Å². The van der Waals surface area contributed by atoms with E-state index < -0.39 is 10.5 Å². The van der Waals surface area contributed by atoms with Crippen LogP contribution >= 0.6 is 0 Å². The van der Waals surface area contributed by atoms with Crippen LogP contribution in [0.2, 0.25) is 0 Å². The third-order valence-corrected chi connectivity index (χ3v) is 7.24. The molecule has 2 fully saturated rings. The number of hydrogen-bond acceptors (Lipinski definition) is 4. The van der Waals surface area contributed by atoms with E-state index >= 15 is 0 Å². The van der Waals surface area contributed by atoms with E-state index in [1.165, 1.54) is 5.56 Å². The Morgan fingerprint density at radius 3 is 2.79 bits per heavy atom. The first kappa shape index (κ1) is 16.3. The topological polar surface area (TPSA) is 63.6 Å². The van der Waals surface area contributed by atoms with Crippen LogP contribution in [0.15, 0.2) is 18.2 Å². The third-order valence-electron chi connectivity index (χ3n) is 6.84. The first-order chi connectivity index (χ1) is 11.3. The average Bonchev–Trinajstić information content (AvgIpc) is 2.81. The summed E-state index contributed by atoms with van der Waals surface area (Å²) in [5.41, 5.74) is 2.36. The van der Waals surface area contributed by atoms with Crippen molar-refractivity contribution in [1.82, 2.24) is 0 Å². The Labute approximate surface area is 142 Å². The van der Waals surface area contributed by atoms with Crippen LogP contribution < -0.4 is 4.18 Å². The Bertz CT molecular complexity index is 762. The van der Waals surface area contributed by atoms with Gasteiger partial charge in [-0.2, -0.15) is 8.42 Å². The highest BCUT2D eigenvalue weighted by molar-refractivity contribution is 7.81. The summed E-state index contributed by atoms with van der Waals surface area (Å²) in [5, 5.41) is 10.4. The van der Waals surface area contributed by atoms with Crippen LogP contribution in [0.1, 0.15) is 56.1 Å². The van der Waals surface area contributed by atoms with Gasteiger partial charge in [0.05, 0.1) is 6.10 Å². The molecule has 2 saturated carbocycles. The van der Waals surface area contributed by atoms with Gasteiger partial charge in [-0.15, -0.1) is 0 Å². The molecule has 24 heavy (non-hydrogen) atoms. The van der Waals surface area contributed by atoms with Gasteiger partial charge in [-0.3, -0.25) is 0 Å². The maximum absolute atomic E-state index is 12.7. The molecule has 4 rings (SSSR count). The van der Waals surface area contributed by atoms with Crippen LogP contribution in [0, 0.1) is 17.3 Å². The molecule has 4 nitrogen and oxygen atoms in total. The molecule has 5 atom stereocenters. The summed E-state index contributed by atoms with van der Waals surface area (Å²) in [6.07, 6.45) is 5.77. The van der Waals surface area contributed by atoms with Crippen molar-refractivity contribution in [3.8, 4) is 5.75 Å². The van der Waals surface area contributed by atoms with Gasteiger partial charge in [0.15, 0.2) is 0 Å². The number of aryl methyl sites for hydroxylation is 1. The molecule has 1 aromatic carbocycles. The fraction of sp³-hybridized carbons (Fsp3) is 0.667. The molecule has 0 aromatic heterocycles.